The maximum Gasteiger partial charge on any atom is 0.307 e. The van der Waals surface area contributed by atoms with Gasteiger partial charge in [0.15, 0.2) is 5.76 Å². The Balaban J connectivity index is 1.43. The Hall–Kier alpha value is -4.53. The molecule has 0 saturated heterocycles. The Bertz CT molecular complexity index is 1330. The van der Waals surface area contributed by atoms with Crippen LogP contribution in [0.2, 0.25) is 0 Å². The first-order valence-corrected chi connectivity index (χ1v) is 9.47. The lowest BCUT2D eigenvalue weighted by Gasteiger charge is -2.09. The van der Waals surface area contributed by atoms with Crippen LogP contribution in [-0.4, -0.2) is 17.0 Å². The second-order valence-corrected chi connectivity index (χ2v) is 6.75. The number of nitrogens with zero attached hydrogens (tertiary/aromatic N) is 2. The third-order valence-corrected chi connectivity index (χ3v) is 4.51. The number of fused-ring (bicyclic) bond motifs is 1. The number of hydrogen-bond donors (Lipinski definition) is 1. The van der Waals surface area contributed by atoms with Crippen LogP contribution >= 0.6 is 0 Å². The number of nitrogens with one attached hydrogen (secondary N) is 1. The van der Waals surface area contributed by atoms with Crippen LogP contribution in [0.4, 0.5) is 10.1 Å². The molecule has 9 heteroatoms. The van der Waals surface area contributed by atoms with Crippen LogP contribution < -0.4 is 10.2 Å². The summed E-state index contributed by atoms with van der Waals surface area (Å²) in [5.74, 6) is -0.485. The zero-order chi connectivity index (χ0) is 22.5. The zero-order valence-corrected chi connectivity index (χ0v) is 16.5. The molecule has 0 fully saturated rings. The van der Waals surface area contributed by atoms with Gasteiger partial charge in [-0.1, -0.05) is 24.3 Å². The van der Waals surface area contributed by atoms with E-state index < -0.39 is 10.8 Å². The van der Waals surface area contributed by atoms with E-state index in [0.717, 1.165) is 0 Å². The highest BCUT2D eigenvalue weighted by Crippen LogP contribution is 2.24. The standard InChI is InChI=1S/C23H16FN3O5/c24-18-6-3-4-15(10-18)14-31-20-7-2-1-5-16(20)13-25-26-23(28)22-12-17-11-19(27(29)30)8-9-21(17)32-22/h1-13H,14H2,(H,26,28)/b25-13-. The van der Waals surface area contributed by atoms with E-state index in [9.17, 15) is 19.3 Å². The number of hydrogen-bond acceptors (Lipinski definition) is 6. The topological polar surface area (TPSA) is 107 Å². The van der Waals surface area contributed by atoms with E-state index >= 15 is 0 Å². The van der Waals surface area contributed by atoms with Gasteiger partial charge in [-0.3, -0.25) is 14.9 Å². The quantitative estimate of drug-likeness (QED) is 0.255. The molecule has 3 aromatic carbocycles. The van der Waals surface area contributed by atoms with Crippen molar-refractivity contribution < 1.29 is 23.3 Å². The summed E-state index contributed by atoms with van der Waals surface area (Å²) in [6.07, 6.45) is 1.41. The van der Waals surface area contributed by atoms with E-state index in [-0.39, 0.29) is 23.9 Å². The summed E-state index contributed by atoms with van der Waals surface area (Å²) in [6, 6.07) is 18.6. The minimum Gasteiger partial charge on any atom is -0.488 e. The molecule has 4 aromatic rings. The van der Waals surface area contributed by atoms with Gasteiger partial charge in [0.05, 0.1) is 11.1 Å². The number of carbonyl (C=O) groups excluding carboxylic acids is 1. The van der Waals surface area contributed by atoms with Crippen molar-refractivity contribution in [1.82, 2.24) is 5.43 Å². The van der Waals surface area contributed by atoms with Gasteiger partial charge in [0.25, 0.3) is 5.69 Å². The van der Waals surface area contributed by atoms with Gasteiger partial charge in [-0.25, -0.2) is 9.82 Å². The molecule has 0 aliphatic heterocycles. The molecule has 1 N–H and O–H groups in total. The largest absolute Gasteiger partial charge is 0.488 e. The highest BCUT2D eigenvalue weighted by Gasteiger charge is 2.14. The molecule has 0 aliphatic carbocycles. The molecule has 0 aliphatic rings. The molecule has 1 aromatic heterocycles. The second-order valence-electron chi connectivity index (χ2n) is 6.75. The van der Waals surface area contributed by atoms with Crippen molar-refractivity contribution in [2.45, 2.75) is 6.61 Å². The van der Waals surface area contributed by atoms with Crippen molar-refractivity contribution in [1.29, 1.82) is 0 Å². The number of benzene rings is 3. The van der Waals surface area contributed by atoms with Crippen LogP contribution in [0.15, 0.2) is 82.3 Å². The van der Waals surface area contributed by atoms with Gasteiger partial charge < -0.3 is 9.15 Å². The van der Waals surface area contributed by atoms with Gasteiger partial charge in [-0.15, -0.1) is 0 Å². The first-order chi connectivity index (χ1) is 15.5. The summed E-state index contributed by atoms with van der Waals surface area (Å²) in [5.41, 5.74) is 3.88. The Kier molecular flexibility index (Phi) is 5.89. The number of hydrazone groups is 1. The number of nitro groups is 1. The number of carbonyl (C=O) groups is 1. The molecule has 0 bridgehead atoms. The van der Waals surface area contributed by atoms with Crippen LogP contribution in [0, 0.1) is 15.9 Å². The first kappa shape index (κ1) is 20.7. The maximum atomic E-state index is 13.3. The fourth-order valence-electron chi connectivity index (χ4n) is 2.98. The third-order valence-electron chi connectivity index (χ3n) is 4.51. The van der Waals surface area contributed by atoms with Gasteiger partial charge in [0.2, 0.25) is 0 Å². The van der Waals surface area contributed by atoms with Gasteiger partial charge in [-0.2, -0.15) is 5.10 Å². The van der Waals surface area contributed by atoms with Crippen molar-refractivity contribution in [3.63, 3.8) is 0 Å². The van der Waals surface area contributed by atoms with Gasteiger partial charge in [0.1, 0.15) is 23.8 Å². The van der Waals surface area contributed by atoms with Crippen molar-refractivity contribution in [2.24, 2.45) is 5.10 Å². The van der Waals surface area contributed by atoms with Crippen molar-refractivity contribution in [3.8, 4) is 5.75 Å². The lowest BCUT2D eigenvalue weighted by molar-refractivity contribution is -0.384. The Morgan fingerprint density at radius 2 is 1.97 bits per heavy atom. The number of para-hydroxylation sites is 1. The highest BCUT2D eigenvalue weighted by molar-refractivity contribution is 5.97. The van der Waals surface area contributed by atoms with Crippen molar-refractivity contribution in [2.75, 3.05) is 0 Å². The smallest absolute Gasteiger partial charge is 0.307 e. The summed E-state index contributed by atoms with van der Waals surface area (Å²) in [4.78, 5) is 22.7. The normalized spacial score (nSPS) is 11.0. The minimum atomic E-state index is -0.613. The summed E-state index contributed by atoms with van der Waals surface area (Å²) < 4.78 is 24.5. The van der Waals surface area contributed by atoms with E-state index in [0.29, 0.717) is 27.8 Å². The predicted molar refractivity (Wildman–Crippen MR) is 115 cm³/mol. The van der Waals surface area contributed by atoms with Crippen molar-refractivity contribution in [3.05, 3.63) is 106 Å². The number of rotatable bonds is 7. The fraction of sp³-hybridized carbons (Fsp3) is 0.0435. The molecule has 0 spiro atoms. The third kappa shape index (κ3) is 4.78. The summed E-state index contributed by atoms with van der Waals surface area (Å²) in [6.45, 7) is 0.167. The Labute approximate surface area is 181 Å². The second kappa shape index (κ2) is 9.09. The molecule has 4 rings (SSSR count). The molecular weight excluding hydrogens is 417 g/mol. The fourth-order valence-corrected chi connectivity index (χ4v) is 2.98. The van der Waals surface area contributed by atoms with E-state index in [1.165, 1.54) is 42.6 Å². The monoisotopic (exact) mass is 433 g/mol. The average molecular weight is 433 g/mol. The van der Waals surface area contributed by atoms with Crippen molar-refractivity contribution >= 4 is 28.8 Å². The molecule has 0 unspecified atom stereocenters. The molecule has 1 heterocycles. The number of non-ortho nitro benzene ring substituents is 1. The number of ether oxygens (including phenoxy) is 1. The maximum absolute atomic E-state index is 13.3. The number of nitro benzene ring substituents is 1. The molecule has 0 atom stereocenters. The molecule has 1 amide bonds. The molecule has 0 radical (unpaired) electrons. The molecule has 8 nitrogen and oxygen atoms in total. The zero-order valence-electron chi connectivity index (χ0n) is 16.5. The predicted octanol–water partition coefficient (Wildman–Crippen LogP) is 4.82. The van der Waals surface area contributed by atoms with E-state index in [1.54, 1.807) is 36.4 Å². The van der Waals surface area contributed by atoms with Gasteiger partial charge >= 0.3 is 5.91 Å². The molecule has 0 saturated carbocycles. The van der Waals surface area contributed by atoms with Crippen LogP contribution in [-0.2, 0) is 6.61 Å². The number of amides is 1. The summed E-state index contributed by atoms with van der Waals surface area (Å²) in [7, 11) is 0. The summed E-state index contributed by atoms with van der Waals surface area (Å²) >= 11 is 0. The summed E-state index contributed by atoms with van der Waals surface area (Å²) in [5, 5.41) is 15.2. The van der Waals surface area contributed by atoms with E-state index in [1.807, 2.05) is 0 Å². The van der Waals surface area contributed by atoms with Crippen LogP contribution in [0.25, 0.3) is 11.0 Å². The van der Waals surface area contributed by atoms with E-state index in [2.05, 4.69) is 10.5 Å². The van der Waals surface area contributed by atoms with Gasteiger partial charge in [0, 0.05) is 23.1 Å². The van der Waals surface area contributed by atoms with Crippen LogP contribution in [0.1, 0.15) is 21.7 Å². The minimum absolute atomic E-state index is 0.0340. The number of halogens is 1. The van der Waals surface area contributed by atoms with Crippen LogP contribution in [0.3, 0.4) is 0 Å². The Morgan fingerprint density at radius 1 is 1.12 bits per heavy atom. The van der Waals surface area contributed by atoms with E-state index in [4.69, 9.17) is 9.15 Å². The molecule has 160 valence electrons. The average Bonchev–Trinajstić information content (AvgIpc) is 3.22. The molecule has 32 heavy (non-hydrogen) atoms. The first-order valence-electron chi connectivity index (χ1n) is 9.47. The van der Waals surface area contributed by atoms with Gasteiger partial charge in [-0.05, 0) is 42.0 Å². The number of furan rings is 1. The SMILES string of the molecule is O=C(N/N=C\c1ccccc1OCc1cccc(F)c1)c1cc2cc([N+](=O)[O-])ccc2o1. The lowest BCUT2D eigenvalue weighted by atomic mass is 10.2. The van der Waals surface area contributed by atoms with Crippen LogP contribution in [0.5, 0.6) is 5.75 Å². The highest BCUT2D eigenvalue weighted by atomic mass is 19.1. The lowest BCUT2D eigenvalue weighted by Crippen LogP contribution is -2.16. The Morgan fingerprint density at radius 3 is 2.78 bits per heavy atom. The molecular formula is C23H16FN3O5.